The van der Waals surface area contributed by atoms with Crippen molar-refractivity contribution in [3.05, 3.63) is 96.1 Å². The van der Waals surface area contributed by atoms with Crippen LogP contribution in [0.25, 0.3) is 0 Å². The first-order chi connectivity index (χ1) is 11.7. The predicted molar refractivity (Wildman–Crippen MR) is 105 cm³/mol. The van der Waals surface area contributed by atoms with E-state index in [1.165, 1.54) is 10.6 Å². The van der Waals surface area contributed by atoms with Crippen molar-refractivity contribution in [3.63, 3.8) is 0 Å². The molecule has 24 heavy (non-hydrogen) atoms. The number of benzene rings is 3. The van der Waals surface area contributed by atoms with Gasteiger partial charge in [-0.15, -0.1) is 0 Å². The summed E-state index contributed by atoms with van der Waals surface area (Å²) < 4.78 is 0. The van der Waals surface area contributed by atoms with E-state index in [0.29, 0.717) is 5.56 Å². The third kappa shape index (κ3) is 2.99. The normalized spacial score (nSPS) is 12.4. The van der Waals surface area contributed by atoms with Crippen LogP contribution in [0.4, 0.5) is 0 Å². The summed E-state index contributed by atoms with van der Waals surface area (Å²) in [6, 6.07) is 30.4. The second-order valence-corrected chi connectivity index (χ2v) is 7.41. The number of rotatable bonds is 4. The van der Waals surface area contributed by atoms with Crippen molar-refractivity contribution in [2.45, 2.75) is 5.85 Å². The van der Waals surface area contributed by atoms with Crippen LogP contribution in [-0.4, -0.2) is 12.7 Å². The molecule has 2 nitrogen and oxygen atoms in total. The highest BCUT2D eigenvalue weighted by Gasteiger charge is 2.39. The molecule has 0 spiro atoms. The van der Waals surface area contributed by atoms with E-state index in [4.69, 9.17) is 5.26 Å². The van der Waals surface area contributed by atoms with Gasteiger partial charge >= 0.3 is 0 Å². The molecule has 0 saturated heterocycles. The molecule has 1 N–H and O–H groups in total. The van der Waals surface area contributed by atoms with E-state index in [9.17, 15) is 5.11 Å². The molecule has 0 aliphatic heterocycles. The summed E-state index contributed by atoms with van der Waals surface area (Å²) in [4.78, 5) is 0. The highest BCUT2D eigenvalue weighted by molar-refractivity contribution is 8.08. The van der Waals surface area contributed by atoms with Gasteiger partial charge in [0.2, 0.25) is 0 Å². The highest BCUT2D eigenvalue weighted by Crippen LogP contribution is 2.62. The minimum atomic E-state index is -1.79. The summed E-state index contributed by atoms with van der Waals surface area (Å²) in [5, 5.41) is 22.9. The summed E-state index contributed by atoms with van der Waals surface area (Å²) >= 11 is 0. The standard InChI is InChI=1S/C20H19BNOP/c21-24(18-7-3-1-4-8-18,19-9-5-2-6-10-19)20(23)17-13-11-16(15-22)12-14-17/h1-14,20,23H,21H3/t20-/m0/s1. The van der Waals surface area contributed by atoms with Crippen LogP contribution in [-0.2, 0) is 0 Å². The molecule has 118 valence electrons. The maximum atomic E-state index is 11.3. The second kappa shape index (κ2) is 7.01. The lowest BCUT2D eigenvalue weighted by atomic mass is 10.1. The zero-order chi connectivity index (χ0) is 17.0. The van der Waals surface area contributed by atoms with Gasteiger partial charge in [0.25, 0.3) is 0 Å². The number of hydrogen-bond donors (Lipinski definition) is 1. The molecule has 0 heterocycles. The Bertz CT molecular complexity index is 805. The van der Waals surface area contributed by atoms with Crippen LogP contribution < -0.4 is 10.6 Å². The van der Waals surface area contributed by atoms with Crippen LogP contribution in [0.2, 0.25) is 0 Å². The van der Waals surface area contributed by atoms with Gasteiger partial charge in [-0.05, 0) is 36.4 Å². The zero-order valence-electron chi connectivity index (χ0n) is 12.5. The van der Waals surface area contributed by atoms with E-state index in [-0.39, 0.29) is 7.57 Å². The summed E-state index contributed by atoms with van der Waals surface area (Å²) in [7, 11) is -1.98. The molecule has 4 heteroatoms. The number of hydrogen-bond acceptors (Lipinski definition) is 2. The lowest BCUT2D eigenvalue weighted by Gasteiger charge is -2.34. The first-order valence-corrected chi connectivity index (χ1v) is 8.78. The van der Waals surface area contributed by atoms with E-state index in [2.05, 4.69) is 54.6 Å². The monoisotopic (exact) mass is 331 g/mol. The first kappa shape index (κ1) is 16.5. The van der Waals surface area contributed by atoms with Crippen LogP contribution in [0, 0.1) is 11.3 Å². The number of aliphatic hydroxyl groups is 1. The number of nitriles is 1. The molecule has 0 amide bonds. The quantitative estimate of drug-likeness (QED) is 0.590. The second-order valence-electron chi connectivity index (χ2n) is 5.15. The van der Waals surface area contributed by atoms with E-state index < -0.39 is 13.0 Å². The third-order valence-corrected chi connectivity index (χ3v) is 6.15. The molecule has 3 rings (SSSR count). The minimum Gasteiger partial charge on any atom is -0.358 e. The summed E-state index contributed by atoms with van der Waals surface area (Å²) in [6.45, 7) is 0. The Labute approximate surface area is 144 Å². The van der Waals surface area contributed by atoms with Gasteiger partial charge in [0.05, 0.1) is 22.2 Å². The number of nitrogens with zero attached hydrogens (tertiary/aromatic N) is 1. The van der Waals surface area contributed by atoms with Gasteiger partial charge in [0.1, 0.15) is 7.57 Å². The number of aliphatic hydroxyl groups excluding tert-OH is 1. The zero-order valence-corrected chi connectivity index (χ0v) is 13.4. The van der Waals surface area contributed by atoms with Crippen molar-refractivity contribution in [3.8, 4) is 6.07 Å². The molecule has 3 aromatic rings. The van der Waals surface area contributed by atoms with Crippen LogP contribution in [0.15, 0.2) is 84.9 Å². The fourth-order valence-electron chi connectivity index (χ4n) is 2.49. The first-order valence-electron chi connectivity index (χ1n) is 7.37. The van der Waals surface area contributed by atoms with E-state index in [0.717, 1.165) is 5.56 Å². The lowest BCUT2D eigenvalue weighted by Crippen LogP contribution is -2.27. The summed E-state index contributed by atoms with van der Waals surface area (Å²) in [5.41, 5.74) is 1.53. The largest absolute Gasteiger partial charge is 0.358 e. The molecule has 0 fully saturated rings. The summed E-state index contributed by atoms with van der Waals surface area (Å²) in [6.07, 6.45) is 0. The van der Waals surface area contributed by atoms with Crippen molar-refractivity contribution >= 4 is 25.3 Å². The van der Waals surface area contributed by atoms with Crippen LogP contribution in [0.3, 0.4) is 0 Å². The van der Waals surface area contributed by atoms with Gasteiger partial charge in [-0.25, -0.2) is 0 Å². The van der Waals surface area contributed by atoms with Gasteiger partial charge in [-0.2, -0.15) is 5.26 Å². The minimum absolute atomic E-state index is 0.191. The smallest absolute Gasteiger partial charge is 0.158 e. The van der Waals surface area contributed by atoms with Crippen molar-refractivity contribution in [1.82, 2.24) is 0 Å². The van der Waals surface area contributed by atoms with Crippen molar-refractivity contribution in [2.75, 3.05) is 0 Å². The van der Waals surface area contributed by atoms with E-state index in [1.54, 1.807) is 12.1 Å². The molecule has 0 unspecified atom stereocenters. The van der Waals surface area contributed by atoms with Gasteiger partial charge in [0.15, 0.2) is 5.85 Å². The Balaban J connectivity index is 2.12. The molecule has 3 aromatic carbocycles. The topological polar surface area (TPSA) is 44.0 Å². The predicted octanol–water partition coefficient (Wildman–Crippen LogP) is 2.50. The Morgan fingerprint density at radius 1 is 0.792 bits per heavy atom. The molecular weight excluding hydrogens is 312 g/mol. The Kier molecular flexibility index (Phi) is 4.81. The molecule has 0 saturated carbocycles. The molecule has 0 aromatic heterocycles. The molecule has 0 bridgehead atoms. The van der Waals surface area contributed by atoms with Gasteiger partial charge < -0.3 is 5.11 Å². The lowest BCUT2D eigenvalue weighted by molar-refractivity contribution is 0.265. The van der Waals surface area contributed by atoms with Crippen LogP contribution >= 0.6 is 7.14 Å². The molecule has 0 aliphatic carbocycles. The molecular formula is C20H19BNOP. The molecule has 1 atom stereocenters. The van der Waals surface area contributed by atoms with Gasteiger partial charge in [0, 0.05) is 5.56 Å². The fourth-order valence-corrected chi connectivity index (χ4v) is 4.81. The summed E-state index contributed by atoms with van der Waals surface area (Å²) in [5.74, 6) is -0.505. The average molecular weight is 331 g/mol. The van der Waals surface area contributed by atoms with Gasteiger partial charge in [-0.1, -0.05) is 55.7 Å². The van der Waals surface area contributed by atoms with Crippen molar-refractivity contribution in [2.24, 2.45) is 0 Å². The third-order valence-electron chi connectivity index (χ3n) is 3.65. The molecule has 0 aliphatic rings. The SMILES string of the molecule is [BH3-][P+](c1ccccc1)(c1ccccc1)[C@H](O)c1ccc(C#N)cc1. The van der Waals surface area contributed by atoms with Crippen molar-refractivity contribution in [1.29, 1.82) is 5.26 Å². The Morgan fingerprint density at radius 2 is 1.25 bits per heavy atom. The Morgan fingerprint density at radius 3 is 1.67 bits per heavy atom. The van der Waals surface area contributed by atoms with E-state index >= 15 is 0 Å². The maximum Gasteiger partial charge on any atom is 0.158 e. The highest BCUT2D eigenvalue weighted by atomic mass is 31.2. The van der Waals surface area contributed by atoms with E-state index in [1.807, 2.05) is 24.3 Å². The van der Waals surface area contributed by atoms with Crippen LogP contribution in [0.5, 0.6) is 0 Å². The Hall–Kier alpha value is -2.40. The maximum absolute atomic E-state index is 11.3. The van der Waals surface area contributed by atoms with Gasteiger partial charge in [-0.3, -0.25) is 0 Å². The average Bonchev–Trinajstić information content (AvgIpc) is 2.68. The van der Waals surface area contributed by atoms with Crippen molar-refractivity contribution < 1.29 is 5.11 Å². The fraction of sp³-hybridized carbons (Fsp3) is 0.0500. The molecule has 0 radical (unpaired) electrons. The van der Waals surface area contributed by atoms with Crippen LogP contribution in [0.1, 0.15) is 17.0 Å².